The summed E-state index contributed by atoms with van der Waals surface area (Å²) in [6.07, 6.45) is -1.97. The molecule has 1 heterocycles. The minimum absolute atomic E-state index is 0.0180. The first kappa shape index (κ1) is 29.3. The van der Waals surface area contributed by atoms with Crippen LogP contribution in [-0.4, -0.2) is 23.2 Å². The summed E-state index contributed by atoms with van der Waals surface area (Å²) in [5.74, 6) is -3.66. The van der Waals surface area contributed by atoms with E-state index in [-0.39, 0.29) is 21.8 Å². The average Bonchev–Trinajstić information content (AvgIpc) is 2.85. The predicted octanol–water partition coefficient (Wildman–Crippen LogP) is 8.97. The Balaban J connectivity index is 2.03. The molecule has 38 heavy (non-hydrogen) atoms. The smallest absolute Gasteiger partial charge is 0.312 e. The molecular formula is C28H26ClF6N3. The number of anilines is 1. The van der Waals surface area contributed by atoms with Gasteiger partial charge in [-0.3, -0.25) is 4.98 Å². The molecule has 2 aromatic carbocycles. The molecule has 0 spiro atoms. The third-order valence-electron chi connectivity index (χ3n) is 6.15. The molecule has 1 atom stereocenters. The normalized spacial score (nSPS) is 13.5. The van der Waals surface area contributed by atoms with Crippen molar-refractivity contribution >= 4 is 29.2 Å². The molecule has 0 fully saturated rings. The Bertz CT molecular complexity index is 1330. The molecule has 0 aliphatic heterocycles. The first-order chi connectivity index (χ1) is 17.6. The number of hydrogen-bond acceptors (Lipinski definition) is 3. The van der Waals surface area contributed by atoms with Crippen molar-refractivity contribution < 1.29 is 26.3 Å². The fourth-order valence-electron chi connectivity index (χ4n) is 3.77. The van der Waals surface area contributed by atoms with Crippen molar-refractivity contribution in [2.24, 2.45) is 0 Å². The maximum absolute atomic E-state index is 15.5. The first-order valence-corrected chi connectivity index (χ1v) is 11.8. The fraction of sp³-hybridized carbons (Fsp3) is 0.250. The average molecular weight is 554 g/mol. The number of aromatic nitrogens is 1. The number of aryl methyl sites for hydroxylation is 2. The lowest BCUT2D eigenvalue weighted by molar-refractivity contribution is -0.139. The number of allylic oxidation sites excluding steroid dienone is 1. The van der Waals surface area contributed by atoms with Gasteiger partial charge in [-0.15, -0.1) is 0 Å². The molecular weight excluding hydrogens is 528 g/mol. The fourth-order valence-corrected chi connectivity index (χ4v) is 4.04. The molecule has 1 unspecified atom stereocenters. The number of nitrogens with one attached hydrogen (secondary N) is 1. The summed E-state index contributed by atoms with van der Waals surface area (Å²) in [5.41, 5.74) is 3.22. The highest BCUT2D eigenvalue weighted by atomic mass is 35.5. The van der Waals surface area contributed by atoms with Crippen LogP contribution in [0.1, 0.15) is 45.0 Å². The van der Waals surface area contributed by atoms with Gasteiger partial charge in [0.2, 0.25) is 0 Å². The van der Waals surface area contributed by atoms with Gasteiger partial charge in [0.05, 0.1) is 11.9 Å². The van der Waals surface area contributed by atoms with Crippen LogP contribution < -0.4 is 5.43 Å². The third-order valence-corrected chi connectivity index (χ3v) is 6.55. The van der Waals surface area contributed by atoms with Crippen molar-refractivity contribution in [1.29, 1.82) is 0 Å². The van der Waals surface area contributed by atoms with Crippen molar-refractivity contribution in [3.63, 3.8) is 0 Å². The number of alkyl halides is 5. The third kappa shape index (κ3) is 6.39. The monoisotopic (exact) mass is 553 g/mol. The Labute approximate surface area is 222 Å². The van der Waals surface area contributed by atoms with Crippen molar-refractivity contribution in [2.75, 3.05) is 12.5 Å². The summed E-state index contributed by atoms with van der Waals surface area (Å²) >= 11 is 6.08. The van der Waals surface area contributed by atoms with E-state index >= 15 is 13.2 Å². The van der Waals surface area contributed by atoms with Crippen molar-refractivity contribution in [1.82, 2.24) is 9.99 Å². The highest BCUT2D eigenvalue weighted by molar-refractivity contribution is 6.31. The van der Waals surface area contributed by atoms with Gasteiger partial charge in [-0.25, -0.2) is 4.39 Å². The van der Waals surface area contributed by atoms with E-state index in [1.165, 1.54) is 18.3 Å². The van der Waals surface area contributed by atoms with Crippen LogP contribution in [0.5, 0.6) is 0 Å². The van der Waals surface area contributed by atoms with Gasteiger partial charge in [-0.1, -0.05) is 42.5 Å². The molecule has 0 bridgehead atoms. The summed E-state index contributed by atoms with van der Waals surface area (Å²) in [5, 5.41) is 0.613. The lowest BCUT2D eigenvalue weighted by Gasteiger charge is -2.30. The van der Waals surface area contributed by atoms with Crippen LogP contribution in [0.15, 0.2) is 61.3 Å². The number of nitrogens with zero attached hydrogens (tertiary/aromatic N) is 2. The van der Waals surface area contributed by atoms with Crippen LogP contribution in [0.2, 0.25) is 5.02 Å². The molecule has 3 rings (SSSR count). The van der Waals surface area contributed by atoms with Gasteiger partial charge >= 0.3 is 12.2 Å². The zero-order valence-electron chi connectivity index (χ0n) is 21.1. The lowest BCUT2D eigenvalue weighted by atomic mass is 9.93. The van der Waals surface area contributed by atoms with Crippen LogP contribution in [0.4, 0.5) is 32.0 Å². The predicted molar refractivity (Wildman–Crippen MR) is 140 cm³/mol. The van der Waals surface area contributed by atoms with E-state index in [1.807, 2.05) is 0 Å². The Morgan fingerprint density at radius 3 is 2.29 bits per heavy atom. The minimum atomic E-state index is -4.86. The zero-order valence-corrected chi connectivity index (χ0v) is 21.9. The van der Waals surface area contributed by atoms with Crippen LogP contribution in [-0.2, 0) is 6.05 Å². The van der Waals surface area contributed by atoms with E-state index < -0.39 is 35.1 Å². The van der Waals surface area contributed by atoms with E-state index in [0.29, 0.717) is 27.9 Å². The summed E-state index contributed by atoms with van der Waals surface area (Å²) in [4.78, 5) is 4.04. The van der Waals surface area contributed by atoms with Crippen LogP contribution in [0.3, 0.4) is 0 Å². The summed E-state index contributed by atoms with van der Waals surface area (Å²) < 4.78 is 88.2. The zero-order chi connectivity index (χ0) is 28.4. The second-order valence-corrected chi connectivity index (χ2v) is 9.29. The highest BCUT2D eigenvalue weighted by Crippen LogP contribution is 2.41. The molecule has 0 aliphatic rings. The highest BCUT2D eigenvalue weighted by Gasteiger charge is 2.41. The van der Waals surface area contributed by atoms with Crippen molar-refractivity contribution in [3.8, 4) is 0 Å². The maximum atomic E-state index is 15.5. The van der Waals surface area contributed by atoms with E-state index in [0.717, 1.165) is 31.3 Å². The number of hydrogen-bond donors (Lipinski definition) is 1. The van der Waals surface area contributed by atoms with Gasteiger partial charge in [-0.05, 0) is 73.4 Å². The molecule has 202 valence electrons. The van der Waals surface area contributed by atoms with Gasteiger partial charge in [0.25, 0.3) is 0 Å². The Kier molecular flexibility index (Phi) is 8.63. The maximum Gasteiger partial charge on any atom is 0.399 e. The van der Waals surface area contributed by atoms with Gasteiger partial charge < -0.3 is 5.43 Å². The van der Waals surface area contributed by atoms with E-state index in [2.05, 4.69) is 17.0 Å². The molecule has 0 amide bonds. The molecule has 0 aliphatic carbocycles. The van der Waals surface area contributed by atoms with Gasteiger partial charge in [0.1, 0.15) is 11.7 Å². The number of halogens is 7. The van der Waals surface area contributed by atoms with Crippen LogP contribution in [0.25, 0.3) is 11.9 Å². The minimum Gasteiger partial charge on any atom is -0.312 e. The van der Waals surface area contributed by atoms with Crippen LogP contribution >= 0.6 is 11.6 Å². The van der Waals surface area contributed by atoms with Gasteiger partial charge in [-0.2, -0.15) is 27.0 Å². The largest absolute Gasteiger partial charge is 0.399 e. The van der Waals surface area contributed by atoms with Crippen LogP contribution in [0, 0.1) is 20.8 Å². The molecule has 0 radical (unpaired) electrons. The van der Waals surface area contributed by atoms with E-state index in [4.69, 9.17) is 11.6 Å². The van der Waals surface area contributed by atoms with E-state index in [9.17, 15) is 13.2 Å². The standard InChI is InChI=1S/C28H26ClF6N3/c1-6-19-8-9-20(12-24(19)28(34,35)38(5)37-22-10-7-17(3)36-15-22)26(30)14-23(27(31,32)33)21-11-16(2)18(4)25(29)13-21/h6-15,23,37H,1H2,2-5H3/b26-14-. The summed E-state index contributed by atoms with van der Waals surface area (Å²) in [6.45, 7) is 8.52. The molecule has 0 saturated heterocycles. The number of benzene rings is 2. The SMILES string of the molecule is C=Cc1ccc(/C(F)=C/C(c2cc(C)c(C)c(Cl)c2)C(F)(F)F)cc1C(F)(F)N(C)Nc1ccc(C)nc1. The molecule has 3 nitrogen and oxygen atoms in total. The topological polar surface area (TPSA) is 28.2 Å². The Morgan fingerprint density at radius 1 is 1.05 bits per heavy atom. The molecule has 0 saturated carbocycles. The van der Waals surface area contributed by atoms with Gasteiger partial charge in [0, 0.05) is 28.9 Å². The second kappa shape index (κ2) is 11.2. The molecule has 1 N–H and O–H groups in total. The summed E-state index contributed by atoms with van der Waals surface area (Å²) in [7, 11) is 1.08. The number of rotatable bonds is 8. The number of pyridine rings is 1. The first-order valence-electron chi connectivity index (χ1n) is 11.4. The Hall–Kier alpha value is -3.30. The summed E-state index contributed by atoms with van der Waals surface area (Å²) in [6, 6.07) is 5.00. The van der Waals surface area contributed by atoms with Crippen molar-refractivity contribution in [3.05, 3.63) is 105 Å². The lowest BCUT2D eigenvalue weighted by Crippen LogP contribution is -2.40. The Morgan fingerprint density at radius 2 is 1.74 bits per heavy atom. The molecule has 1 aromatic heterocycles. The quantitative estimate of drug-likeness (QED) is 0.171. The second-order valence-electron chi connectivity index (χ2n) is 8.88. The molecule has 10 heteroatoms. The van der Waals surface area contributed by atoms with Gasteiger partial charge in [0.15, 0.2) is 0 Å². The van der Waals surface area contributed by atoms with Crippen molar-refractivity contribution in [2.45, 2.75) is 38.9 Å². The van der Waals surface area contributed by atoms with E-state index in [1.54, 1.807) is 32.9 Å². The molecule has 3 aromatic rings. The number of hydrazine groups is 1.